The number of benzene rings is 2. The van der Waals surface area contributed by atoms with E-state index in [9.17, 15) is 4.79 Å². The molecule has 2 aromatic carbocycles. The first-order valence-corrected chi connectivity index (χ1v) is 13.6. The summed E-state index contributed by atoms with van der Waals surface area (Å²) in [5.74, 6) is 0.275. The lowest BCUT2D eigenvalue weighted by Crippen LogP contribution is -2.69. The average Bonchev–Trinajstić information content (AvgIpc) is 3.00. The molecule has 1 aliphatic heterocycles. The van der Waals surface area contributed by atoms with Crippen molar-refractivity contribution in [1.82, 2.24) is 0 Å². The van der Waals surface area contributed by atoms with E-state index in [2.05, 4.69) is 102 Å². The molecule has 170 valence electrons. The van der Waals surface area contributed by atoms with E-state index < -0.39 is 8.32 Å². The van der Waals surface area contributed by atoms with Gasteiger partial charge in [0.25, 0.3) is 8.32 Å². The largest absolute Gasteiger partial charge is 0.458 e. The van der Waals surface area contributed by atoms with Crippen LogP contribution in [0.1, 0.15) is 47.5 Å². The molecule has 1 unspecified atom stereocenters. The predicted molar refractivity (Wildman–Crippen MR) is 133 cm³/mol. The van der Waals surface area contributed by atoms with Crippen LogP contribution in [0.4, 0.5) is 0 Å². The van der Waals surface area contributed by atoms with Crippen molar-refractivity contribution in [1.29, 1.82) is 0 Å². The van der Waals surface area contributed by atoms with E-state index in [0.29, 0.717) is 6.42 Å². The van der Waals surface area contributed by atoms with Crippen LogP contribution in [0.15, 0.2) is 73.3 Å². The maximum atomic E-state index is 12.3. The summed E-state index contributed by atoms with van der Waals surface area (Å²) in [4.78, 5) is 12.3. The summed E-state index contributed by atoms with van der Waals surface area (Å²) in [6.07, 6.45) is 2.90. The van der Waals surface area contributed by atoms with Gasteiger partial charge in [-0.15, -0.1) is 0 Å². The van der Waals surface area contributed by atoms with Crippen molar-refractivity contribution >= 4 is 24.7 Å². The number of hydrogen-bond acceptors (Lipinski definition) is 3. The highest BCUT2D eigenvalue weighted by Gasteiger charge is 2.60. The smallest absolute Gasteiger partial charge is 0.306 e. The molecule has 0 N–H and O–H groups in total. The van der Waals surface area contributed by atoms with Gasteiger partial charge in [0.1, 0.15) is 6.10 Å². The molecule has 0 amide bonds. The van der Waals surface area contributed by atoms with Crippen molar-refractivity contribution in [3.05, 3.63) is 73.3 Å². The number of fused-ring (bicyclic) bond motifs is 1. The van der Waals surface area contributed by atoms with Crippen molar-refractivity contribution in [2.45, 2.75) is 64.7 Å². The van der Waals surface area contributed by atoms with Gasteiger partial charge in [-0.3, -0.25) is 4.79 Å². The number of hydrogen-bond donors (Lipinski definition) is 0. The molecule has 1 heterocycles. The second-order valence-corrected chi connectivity index (χ2v) is 15.4. The van der Waals surface area contributed by atoms with Crippen LogP contribution in [0.2, 0.25) is 5.04 Å². The van der Waals surface area contributed by atoms with Crippen LogP contribution >= 0.6 is 0 Å². The molecule has 32 heavy (non-hydrogen) atoms. The summed E-state index contributed by atoms with van der Waals surface area (Å²) in [5.41, 5.74) is -0.0718. The Balaban J connectivity index is 1.89. The third-order valence-electron chi connectivity index (χ3n) is 7.48. The van der Waals surface area contributed by atoms with Crippen LogP contribution in [0.3, 0.4) is 0 Å². The Morgan fingerprint density at radius 2 is 1.56 bits per heavy atom. The molecule has 4 heteroatoms. The quantitative estimate of drug-likeness (QED) is 0.363. The number of rotatable bonds is 5. The Morgan fingerprint density at radius 1 is 1.03 bits per heavy atom. The normalized spacial score (nSPS) is 27.5. The number of carbonyl (C=O) groups is 1. The zero-order valence-electron chi connectivity index (χ0n) is 20.0. The van der Waals surface area contributed by atoms with Gasteiger partial charge in [0.2, 0.25) is 0 Å². The monoisotopic (exact) mass is 448 g/mol. The predicted octanol–water partition coefficient (Wildman–Crippen LogP) is 5.10. The van der Waals surface area contributed by atoms with Gasteiger partial charge in [0.05, 0.1) is 6.10 Å². The molecule has 2 aliphatic rings. The minimum atomic E-state index is -2.71. The lowest BCUT2D eigenvalue weighted by Gasteiger charge is -2.48. The van der Waals surface area contributed by atoms with Crippen LogP contribution in [-0.2, 0) is 14.0 Å². The molecular weight excluding hydrogens is 412 g/mol. The van der Waals surface area contributed by atoms with Gasteiger partial charge >= 0.3 is 5.97 Å². The molecule has 0 aromatic heterocycles. The molecule has 0 bridgehead atoms. The minimum Gasteiger partial charge on any atom is -0.458 e. The number of esters is 1. The third-order valence-corrected chi connectivity index (χ3v) is 12.5. The zero-order valence-corrected chi connectivity index (χ0v) is 21.0. The van der Waals surface area contributed by atoms with Gasteiger partial charge in [0, 0.05) is 12.3 Å². The van der Waals surface area contributed by atoms with Gasteiger partial charge in [-0.05, 0) is 33.2 Å². The highest BCUT2D eigenvalue weighted by atomic mass is 28.4. The number of ether oxygens (including phenoxy) is 1. The Morgan fingerprint density at radius 3 is 2.03 bits per heavy atom. The Hall–Kier alpha value is -2.17. The SMILES string of the molecule is C=CC1OC(=O)C[C@H]2CC(C)(C)[C@H](O[Si](c3ccccc3)(c3ccccc3)C(C)(C)C)[C@@H]12. The molecule has 0 spiro atoms. The molecule has 1 saturated carbocycles. The van der Waals surface area contributed by atoms with Crippen molar-refractivity contribution in [2.24, 2.45) is 17.3 Å². The molecule has 4 rings (SSSR count). The lowest BCUT2D eigenvalue weighted by atomic mass is 9.84. The summed E-state index contributed by atoms with van der Waals surface area (Å²) in [6.45, 7) is 15.5. The maximum Gasteiger partial charge on any atom is 0.306 e. The molecule has 1 saturated heterocycles. The fraction of sp³-hybridized carbons (Fsp3) is 0.464. The van der Waals surface area contributed by atoms with Gasteiger partial charge in [-0.1, -0.05) is 108 Å². The first-order chi connectivity index (χ1) is 15.1. The maximum absolute atomic E-state index is 12.3. The average molecular weight is 449 g/mol. The van der Waals surface area contributed by atoms with Crippen molar-refractivity contribution in [3.8, 4) is 0 Å². The summed E-state index contributed by atoms with van der Waals surface area (Å²) in [7, 11) is -2.71. The van der Waals surface area contributed by atoms with Crippen LogP contribution in [0, 0.1) is 17.3 Å². The summed E-state index contributed by atoms with van der Waals surface area (Å²) in [6, 6.07) is 21.5. The molecule has 1 aliphatic carbocycles. The Labute approximate surface area is 194 Å². The highest BCUT2D eigenvalue weighted by molar-refractivity contribution is 6.99. The molecule has 0 radical (unpaired) electrons. The molecule has 2 fully saturated rings. The van der Waals surface area contributed by atoms with Crippen molar-refractivity contribution in [3.63, 3.8) is 0 Å². The fourth-order valence-electron chi connectivity index (χ4n) is 6.16. The minimum absolute atomic E-state index is 0.0325. The van der Waals surface area contributed by atoms with E-state index in [4.69, 9.17) is 9.16 Å². The highest BCUT2D eigenvalue weighted by Crippen LogP contribution is 2.54. The first-order valence-electron chi connectivity index (χ1n) is 11.7. The Kier molecular flexibility index (Phi) is 5.97. The van der Waals surface area contributed by atoms with E-state index in [-0.39, 0.29) is 40.5 Å². The van der Waals surface area contributed by atoms with E-state index in [0.717, 1.165) is 6.42 Å². The summed E-state index contributed by atoms with van der Waals surface area (Å²) >= 11 is 0. The third kappa shape index (κ3) is 3.78. The summed E-state index contributed by atoms with van der Waals surface area (Å²) in [5, 5.41) is 2.46. The standard InChI is InChI=1S/C28H36O3Si/c1-7-23-25-20(18-24(29)30-23)19-28(5,6)26(25)31-32(27(2,3)4,21-14-10-8-11-15-21)22-16-12-9-13-17-22/h7-17,20,23,25-26H,1,18-19H2,2-6H3/t20-,23?,25+,26+/m0/s1. The molecule has 2 aromatic rings. The lowest BCUT2D eigenvalue weighted by molar-refractivity contribution is -0.160. The topological polar surface area (TPSA) is 35.5 Å². The van der Waals surface area contributed by atoms with E-state index in [1.165, 1.54) is 10.4 Å². The molecule has 4 atom stereocenters. The Bertz CT molecular complexity index is 922. The second-order valence-electron chi connectivity index (χ2n) is 11.1. The second kappa shape index (κ2) is 8.31. The molecule has 3 nitrogen and oxygen atoms in total. The van der Waals surface area contributed by atoms with Gasteiger partial charge < -0.3 is 9.16 Å². The van der Waals surface area contributed by atoms with Crippen LogP contribution in [0.25, 0.3) is 0 Å². The zero-order chi connectivity index (χ0) is 23.1. The fourth-order valence-corrected chi connectivity index (χ4v) is 11.0. The van der Waals surface area contributed by atoms with Gasteiger partial charge in [0.15, 0.2) is 0 Å². The first kappa shape index (κ1) is 23.0. The van der Waals surface area contributed by atoms with Crippen molar-refractivity contribution < 1.29 is 14.0 Å². The van der Waals surface area contributed by atoms with E-state index >= 15 is 0 Å². The number of carbonyl (C=O) groups excluding carboxylic acids is 1. The van der Waals surface area contributed by atoms with E-state index in [1.807, 2.05) is 0 Å². The van der Waals surface area contributed by atoms with Crippen LogP contribution in [-0.4, -0.2) is 26.5 Å². The van der Waals surface area contributed by atoms with Crippen molar-refractivity contribution in [2.75, 3.05) is 0 Å². The van der Waals surface area contributed by atoms with Crippen LogP contribution < -0.4 is 10.4 Å². The summed E-state index contributed by atoms with van der Waals surface area (Å²) < 4.78 is 13.4. The van der Waals surface area contributed by atoms with Gasteiger partial charge in [-0.25, -0.2) is 0 Å². The van der Waals surface area contributed by atoms with Gasteiger partial charge in [-0.2, -0.15) is 0 Å². The molecular formula is C28H36O3Si. The van der Waals surface area contributed by atoms with E-state index in [1.54, 1.807) is 6.08 Å². The number of cyclic esters (lactones) is 1. The van der Waals surface area contributed by atoms with Crippen LogP contribution in [0.5, 0.6) is 0 Å².